The van der Waals surface area contributed by atoms with Crippen LogP contribution in [0.25, 0.3) is 6.08 Å². The van der Waals surface area contributed by atoms with Crippen molar-refractivity contribution in [2.24, 2.45) is 0 Å². The first-order valence-electron chi connectivity index (χ1n) is 9.83. The van der Waals surface area contributed by atoms with Crippen LogP contribution in [0, 0.1) is 0 Å². The minimum Gasteiger partial charge on any atom is -0.493 e. The number of carbonyl (C=O) groups is 2. The highest BCUT2D eigenvalue weighted by molar-refractivity contribution is 6.07. The molecular formula is C23H26N2O6. The monoisotopic (exact) mass is 426 g/mol. The number of nitrogens with zero attached hydrogens (tertiary/aromatic N) is 1. The van der Waals surface area contributed by atoms with Crippen LogP contribution >= 0.6 is 0 Å². The first-order chi connectivity index (χ1) is 15.1. The molecule has 164 valence electrons. The van der Waals surface area contributed by atoms with Gasteiger partial charge in [-0.1, -0.05) is 12.1 Å². The Morgan fingerprint density at radius 3 is 2.35 bits per heavy atom. The molecule has 2 amide bonds. The molecule has 8 nitrogen and oxygen atoms in total. The van der Waals surface area contributed by atoms with Crippen molar-refractivity contribution in [2.45, 2.75) is 0 Å². The predicted octanol–water partition coefficient (Wildman–Crippen LogP) is 2.84. The molecule has 1 N–H and O–H groups in total. The number of ether oxygens (including phenoxy) is 4. The van der Waals surface area contributed by atoms with Gasteiger partial charge in [-0.3, -0.25) is 9.59 Å². The molecule has 1 saturated heterocycles. The predicted molar refractivity (Wildman–Crippen MR) is 117 cm³/mol. The smallest absolute Gasteiger partial charge is 0.256 e. The van der Waals surface area contributed by atoms with Gasteiger partial charge in [-0.05, 0) is 30.3 Å². The summed E-state index contributed by atoms with van der Waals surface area (Å²) in [6, 6.07) is 10.4. The van der Waals surface area contributed by atoms with Crippen LogP contribution in [0.5, 0.6) is 17.2 Å². The van der Waals surface area contributed by atoms with E-state index in [0.29, 0.717) is 60.4 Å². The van der Waals surface area contributed by atoms with Crippen molar-refractivity contribution in [3.05, 3.63) is 53.6 Å². The molecule has 0 unspecified atom stereocenters. The summed E-state index contributed by atoms with van der Waals surface area (Å²) in [7, 11) is 4.57. The average Bonchev–Trinajstić information content (AvgIpc) is 2.82. The van der Waals surface area contributed by atoms with Gasteiger partial charge in [0.15, 0.2) is 11.5 Å². The lowest BCUT2D eigenvalue weighted by molar-refractivity contribution is -0.111. The van der Waals surface area contributed by atoms with E-state index >= 15 is 0 Å². The number of para-hydroxylation sites is 1. The average molecular weight is 426 g/mol. The zero-order chi connectivity index (χ0) is 22.2. The first-order valence-corrected chi connectivity index (χ1v) is 9.83. The Balaban J connectivity index is 1.77. The van der Waals surface area contributed by atoms with Crippen LogP contribution in [0.4, 0.5) is 5.69 Å². The van der Waals surface area contributed by atoms with E-state index in [1.807, 2.05) is 0 Å². The van der Waals surface area contributed by atoms with Crippen LogP contribution in [-0.4, -0.2) is 64.3 Å². The number of nitrogens with one attached hydrogen (secondary N) is 1. The zero-order valence-electron chi connectivity index (χ0n) is 17.8. The number of benzene rings is 2. The highest BCUT2D eigenvalue weighted by Gasteiger charge is 2.21. The van der Waals surface area contributed by atoms with Crippen LogP contribution in [0.2, 0.25) is 0 Å². The molecule has 1 heterocycles. The standard InChI is InChI=1S/C23H26N2O6/c1-28-19-10-8-16(21(29-2)22(19)30-3)9-11-20(26)24-18-7-5-4-6-17(18)23(27)25-12-14-31-15-13-25/h4-11H,12-15H2,1-3H3,(H,24,26)/b11-9+. The largest absolute Gasteiger partial charge is 0.493 e. The Labute approximate surface area is 181 Å². The van der Waals surface area contributed by atoms with Crippen molar-refractivity contribution in [3.8, 4) is 17.2 Å². The SMILES string of the molecule is COc1ccc(/C=C/C(=O)Nc2ccccc2C(=O)N2CCOCC2)c(OC)c1OC. The maximum atomic E-state index is 12.9. The molecule has 31 heavy (non-hydrogen) atoms. The molecule has 8 heteroatoms. The number of hydrogen-bond donors (Lipinski definition) is 1. The zero-order valence-corrected chi connectivity index (χ0v) is 17.8. The van der Waals surface area contributed by atoms with Gasteiger partial charge >= 0.3 is 0 Å². The van der Waals surface area contributed by atoms with E-state index in [1.165, 1.54) is 27.4 Å². The van der Waals surface area contributed by atoms with Crippen molar-refractivity contribution in [1.82, 2.24) is 4.90 Å². The third-order valence-electron chi connectivity index (χ3n) is 4.86. The number of amides is 2. The third-order valence-corrected chi connectivity index (χ3v) is 4.86. The van der Waals surface area contributed by atoms with Crippen molar-refractivity contribution in [1.29, 1.82) is 0 Å². The van der Waals surface area contributed by atoms with Crippen LogP contribution < -0.4 is 19.5 Å². The molecule has 2 aromatic rings. The van der Waals surface area contributed by atoms with Gasteiger partial charge in [-0.15, -0.1) is 0 Å². The fourth-order valence-corrected chi connectivity index (χ4v) is 3.31. The summed E-state index contributed by atoms with van der Waals surface area (Å²) in [5, 5.41) is 2.79. The van der Waals surface area contributed by atoms with E-state index in [-0.39, 0.29) is 11.8 Å². The number of anilines is 1. The van der Waals surface area contributed by atoms with E-state index in [9.17, 15) is 9.59 Å². The summed E-state index contributed by atoms with van der Waals surface area (Å²) in [4.78, 5) is 27.2. The molecular weight excluding hydrogens is 400 g/mol. The lowest BCUT2D eigenvalue weighted by Gasteiger charge is -2.27. The van der Waals surface area contributed by atoms with Gasteiger partial charge < -0.3 is 29.2 Å². The number of hydrogen-bond acceptors (Lipinski definition) is 6. The Hall–Kier alpha value is -3.52. The van der Waals surface area contributed by atoms with Gasteiger partial charge in [0.05, 0.1) is 45.8 Å². The summed E-state index contributed by atoms with van der Waals surface area (Å²) >= 11 is 0. The van der Waals surface area contributed by atoms with Crippen LogP contribution in [-0.2, 0) is 9.53 Å². The molecule has 0 aromatic heterocycles. The Morgan fingerprint density at radius 1 is 0.968 bits per heavy atom. The maximum Gasteiger partial charge on any atom is 0.256 e. The minimum atomic E-state index is -0.376. The van der Waals surface area contributed by atoms with Crippen molar-refractivity contribution >= 4 is 23.6 Å². The first kappa shape index (κ1) is 22.2. The summed E-state index contributed by atoms with van der Waals surface area (Å²) in [5.41, 5.74) is 1.54. The van der Waals surface area contributed by atoms with Gasteiger partial charge in [-0.25, -0.2) is 0 Å². The van der Waals surface area contributed by atoms with Gasteiger partial charge in [0.2, 0.25) is 11.7 Å². The fourth-order valence-electron chi connectivity index (χ4n) is 3.31. The highest BCUT2D eigenvalue weighted by atomic mass is 16.5. The lowest BCUT2D eigenvalue weighted by atomic mass is 10.1. The van der Waals surface area contributed by atoms with E-state index in [1.54, 1.807) is 47.4 Å². The number of methoxy groups -OCH3 is 3. The molecule has 0 saturated carbocycles. The number of rotatable bonds is 7. The second-order valence-corrected chi connectivity index (χ2v) is 6.70. The molecule has 0 bridgehead atoms. The minimum absolute atomic E-state index is 0.135. The van der Waals surface area contributed by atoms with Crippen molar-refractivity contribution in [3.63, 3.8) is 0 Å². The lowest BCUT2D eigenvalue weighted by Crippen LogP contribution is -2.41. The van der Waals surface area contributed by atoms with Crippen LogP contribution in [0.15, 0.2) is 42.5 Å². The molecule has 3 rings (SSSR count). The second kappa shape index (κ2) is 10.5. The Morgan fingerprint density at radius 2 is 1.68 bits per heavy atom. The molecule has 0 aliphatic carbocycles. The Kier molecular flexibility index (Phi) is 7.50. The summed E-state index contributed by atoms with van der Waals surface area (Å²) in [6.45, 7) is 2.08. The maximum absolute atomic E-state index is 12.9. The molecule has 2 aromatic carbocycles. The quantitative estimate of drug-likeness (QED) is 0.686. The third kappa shape index (κ3) is 5.16. The normalized spacial score (nSPS) is 13.7. The molecule has 1 aliphatic rings. The molecule has 0 radical (unpaired) electrons. The van der Waals surface area contributed by atoms with Gasteiger partial charge in [0.1, 0.15) is 0 Å². The molecule has 1 fully saturated rings. The second-order valence-electron chi connectivity index (χ2n) is 6.70. The topological polar surface area (TPSA) is 86.3 Å². The van der Waals surface area contributed by atoms with Crippen molar-refractivity contribution in [2.75, 3.05) is 52.9 Å². The molecule has 1 aliphatic heterocycles. The molecule has 0 atom stereocenters. The highest BCUT2D eigenvalue weighted by Crippen LogP contribution is 2.40. The van der Waals surface area contributed by atoms with E-state index < -0.39 is 0 Å². The molecule has 0 spiro atoms. The van der Waals surface area contributed by atoms with Gasteiger partial charge in [0.25, 0.3) is 5.91 Å². The van der Waals surface area contributed by atoms with E-state index in [4.69, 9.17) is 18.9 Å². The summed E-state index contributed by atoms with van der Waals surface area (Å²) in [6.07, 6.45) is 2.99. The van der Waals surface area contributed by atoms with E-state index in [2.05, 4.69) is 5.32 Å². The van der Waals surface area contributed by atoms with Crippen LogP contribution in [0.3, 0.4) is 0 Å². The van der Waals surface area contributed by atoms with Gasteiger partial charge in [0, 0.05) is 24.7 Å². The van der Waals surface area contributed by atoms with Crippen LogP contribution in [0.1, 0.15) is 15.9 Å². The summed E-state index contributed by atoms with van der Waals surface area (Å²) < 4.78 is 21.4. The number of morpholine rings is 1. The van der Waals surface area contributed by atoms with Crippen molar-refractivity contribution < 1.29 is 28.5 Å². The number of carbonyl (C=O) groups excluding carboxylic acids is 2. The fraction of sp³-hybridized carbons (Fsp3) is 0.304. The Bertz CT molecular complexity index is 967. The van der Waals surface area contributed by atoms with E-state index in [0.717, 1.165) is 0 Å². The van der Waals surface area contributed by atoms with Gasteiger partial charge in [-0.2, -0.15) is 0 Å². The summed E-state index contributed by atoms with van der Waals surface area (Å²) in [5.74, 6) is 0.906.